The zero-order valence-electron chi connectivity index (χ0n) is 10.4. The summed E-state index contributed by atoms with van der Waals surface area (Å²) < 4.78 is 0. The molecule has 0 saturated heterocycles. The molecule has 0 heterocycles. The fourth-order valence-electron chi connectivity index (χ4n) is 1.76. The van der Waals surface area contributed by atoms with Crippen molar-refractivity contribution in [2.75, 3.05) is 5.75 Å². The van der Waals surface area contributed by atoms with Gasteiger partial charge in [0.2, 0.25) is 0 Å². The highest BCUT2D eigenvalue weighted by Crippen LogP contribution is 2.27. The highest BCUT2D eigenvalue weighted by Gasteiger charge is 2.08. The Kier molecular flexibility index (Phi) is 5.59. The van der Waals surface area contributed by atoms with Crippen LogP contribution >= 0.6 is 35.0 Å². The Balaban J connectivity index is 1.90. The summed E-state index contributed by atoms with van der Waals surface area (Å²) in [5.74, 6) is 0.814. The van der Waals surface area contributed by atoms with Crippen molar-refractivity contribution < 1.29 is 0 Å². The van der Waals surface area contributed by atoms with E-state index >= 15 is 0 Å². The van der Waals surface area contributed by atoms with Gasteiger partial charge in [-0.1, -0.05) is 53.5 Å². The van der Waals surface area contributed by atoms with Crippen molar-refractivity contribution in [1.82, 2.24) is 0 Å². The number of thioether (sulfide) groups is 1. The fourth-order valence-corrected chi connectivity index (χ4v) is 3.17. The number of benzene rings is 2. The van der Waals surface area contributed by atoms with Gasteiger partial charge in [-0.05, 0) is 30.2 Å². The van der Waals surface area contributed by atoms with E-state index in [0.717, 1.165) is 32.7 Å². The van der Waals surface area contributed by atoms with Crippen molar-refractivity contribution in [2.45, 2.75) is 17.4 Å². The van der Waals surface area contributed by atoms with Crippen LogP contribution in [0.3, 0.4) is 0 Å². The molecule has 19 heavy (non-hydrogen) atoms. The smallest absolute Gasteiger partial charge is 0.0541 e. The van der Waals surface area contributed by atoms with Crippen molar-refractivity contribution in [3.63, 3.8) is 0 Å². The number of nitrogens with two attached hydrogens (primary N) is 1. The molecule has 0 spiro atoms. The molecule has 0 aliphatic rings. The summed E-state index contributed by atoms with van der Waals surface area (Å²) in [6.07, 6.45) is 0.775. The van der Waals surface area contributed by atoms with Crippen LogP contribution in [-0.2, 0) is 6.42 Å². The van der Waals surface area contributed by atoms with Crippen LogP contribution < -0.4 is 5.73 Å². The maximum absolute atomic E-state index is 6.15. The molecule has 1 unspecified atom stereocenters. The summed E-state index contributed by atoms with van der Waals surface area (Å²) in [6.45, 7) is 0. The highest BCUT2D eigenvalue weighted by molar-refractivity contribution is 7.99. The fraction of sp³-hybridized carbons (Fsp3) is 0.200. The van der Waals surface area contributed by atoms with Crippen LogP contribution in [-0.4, -0.2) is 11.8 Å². The Labute approximate surface area is 128 Å². The molecule has 0 radical (unpaired) electrons. The van der Waals surface area contributed by atoms with Gasteiger partial charge in [0.15, 0.2) is 0 Å². The van der Waals surface area contributed by atoms with Crippen LogP contribution in [0.25, 0.3) is 0 Å². The van der Waals surface area contributed by atoms with E-state index in [4.69, 9.17) is 28.9 Å². The molecule has 0 aliphatic carbocycles. The van der Waals surface area contributed by atoms with Gasteiger partial charge in [-0.2, -0.15) is 0 Å². The molecule has 0 fully saturated rings. The van der Waals surface area contributed by atoms with E-state index in [2.05, 4.69) is 0 Å². The maximum Gasteiger partial charge on any atom is 0.0541 e. The van der Waals surface area contributed by atoms with Gasteiger partial charge in [-0.15, -0.1) is 11.8 Å². The summed E-state index contributed by atoms with van der Waals surface area (Å²) in [7, 11) is 0. The van der Waals surface area contributed by atoms with Crippen molar-refractivity contribution in [1.29, 1.82) is 0 Å². The van der Waals surface area contributed by atoms with E-state index in [1.54, 1.807) is 11.8 Å². The minimum Gasteiger partial charge on any atom is -0.327 e. The van der Waals surface area contributed by atoms with Gasteiger partial charge in [0.25, 0.3) is 0 Å². The monoisotopic (exact) mass is 311 g/mol. The van der Waals surface area contributed by atoms with Crippen molar-refractivity contribution >= 4 is 35.0 Å². The molecule has 0 bridgehead atoms. The van der Waals surface area contributed by atoms with E-state index in [9.17, 15) is 0 Å². The van der Waals surface area contributed by atoms with Gasteiger partial charge < -0.3 is 5.73 Å². The average Bonchev–Trinajstić information content (AvgIpc) is 2.40. The molecule has 100 valence electrons. The normalized spacial score (nSPS) is 12.4. The van der Waals surface area contributed by atoms with Gasteiger partial charge in [0, 0.05) is 21.7 Å². The van der Waals surface area contributed by atoms with Crippen molar-refractivity contribution in [2.24, 2.45) is 5.73 Å². The van der Waals surface area contributed by atoms with E-state index < -0.39 is 0 Å². The zero-order chi connectivity index (χ0) is 13.7. The van der Waals surface area contributed by atoms with Crippen LogP contribution in [0.1, 0.15) is 5.56 Å². The Morgan fingerprint density at radius 2 is 1.58 bits per heavy atom. The minimum absolute atomic E-state index is 0.0566. The first-order valence-electron chi connectivity index (χ1n) is 6.03. The summed E-state index contributed by atoms with van der Waals surface area (Å²) in [5.41, 5.74) is 7.24. The molecular formula is C15H15Cl2NS. The molecular weight excluding hydrogens is 297 g/mol. The van der Waals surface area contributed by atoms with Crippen LogP contribution in [0, 0.1) is 0 Å². The molecule has 2 rings (SSSR count). The Morgan fingerprint density at radius 3 is 2.26 bits per heavy atom. The summed E-state index contributed by atoms with van der Waals surface area (Å²) >= 11 is 13.9. The topological polar surface area (TPSA) is 26.0 Å². The third-order valence-corrected chi connectivity index (χ3v) is 4.80. The molecule has 0 saturated carbocycles. The van der Waals surface area contributed by atoms with Gasteiger partial charge in [-0.3, -0.25) is 0 Å². The number of hydrogen-bond donors (Lipinski definition) is 1. The number of rotatable bonds is 5. The number of halogens is 2. The zero-order valence-corrected chi connectivity index (χ0v) is 12.7. The van der Waals surface area contributed by atoms with E-state index in [0.29, 0.717) is 0 Å². The highest BCUT2D eigenvalue weighted by atomic mass is 35.5. The quantitative estimate of drug-likeness (QED) is 0.813. The van der Waals surface area contributed by atoms with Crippen LogP contribution in [0.5, 0.6) is 0 Å². The summed E-state index contributed by atoms with van der Waals surface area (Å²) in [5, 5.41) is 1.55. The second-order valence-corrected chi connectivity index (χ2v) is 6.17. The SMILES string of the molecule is NC(CSc1ccccc1Cl)Cc1ccccc1Cl. The molecule has 2 aromatic rings. The first-order chi connectivity index (χ1) is 9.16. The molecule has 0 aromatic heterocycles. The van der Waals surface area contributed by atoms with Crippen LogP contribution in [0.2, 0.25) is 10.0 Å². The Hall–Kier alpha value is -0.670. The molecule has 4 heteroatoms. The van der Waals surface area contributed by atoms with Crippen molar-refractivity contribution in [3.05, 3.63) is 64.1 Å². The largest absolute Gasteiger partial charge is 0.327 e. The molecule has 2 aromatic carbocycles. The van der Waals surface area contributed by atoms with Gasteiger partial charge >= 0.3 is 0 Å². The lowest BCUT2D eigenvalue weighted by atomic mass is 10.1. The lowest BCUT2D eigenvalue weighted by Gasteiger charge is -2.13. The summed E-state index contributed by atoms with van der Waals surface area (Å²) in [6, 6.07) is 15.7. The van der Waals surface area contributed by atoms with Gasteiger partial charge in [-0.25, -0.2) is 0 Å². The predicted octanol–water partition coefficient (Wildman–Crippen LogP) is 4.66. The van der Waals surface area contributed by atoms with Crippen molar-refractivity contribution in [3.8, 4) is 0 Å². The summed E-state index contributed by atoms with van der Waals surface area (Å²) in [4.78, 5) is 1.07. The van der Waals surface area contributed by atoms with Gasteiger partial charge in [0.05, 0.1) is 5.02 Å². The van der Waals surface area contributed by atoms with E-state index in [1.807, 2.05) is 48.5 Å². The second kappa shape index (κ2) is 7.20. The first-order valence-corrected chi connectivity index (χ1v) is 7.77. The lowest BCUT2D eigenvalue weighted by molar-refractivity contribution is 0.749. The maximum atomic E-state index is 6.15. The first kappa shape index (κ1) is 14.7. The number of hydrogen-bond acceptors (Lipinski definition) is 2. The minimum atomic E-state index is 0.0566. The van der Waals surface area contributed by atoms with Crippen LogP contribution in [0.15, 0.2) is 53.4 Å². The van der Waals surface area contributed by atoms with Gasteiger partial charge in [0.1, 0.15) is 0 Å². The van der Waals surface area contributed by atoms with Crippen LogP contribution in [0.4, 0.5) is 0 Å². The van der Waals surface area contributed by atoms with E-state index in [-0.39, 0.29) is 6.04 Å². The molecule has 1 atom stereocenters. The van der Waals surface area contributed by atoms with E-state index in [1.165, 1.54) is 0 Å². The molecule has 1 nitrogen and oxygen atoms in total. The third-order valence-electron chi connectivity index (χ3n) is 2.73. The average molecular weight is 312 g/mol. The Bertz CT molecular complexity index is 545. The lowest BCUT2D eigenvalue weighted by Crippen LogP contribution is -2.25. The third kappa shape index (κ3) is 4.43. The molecule has 0 aliphatic heterocycles. The Morgan fingerprint density at radius 1 is 0.947 bits per heavy atom. The second-order valence-electron chi connectivity index (χ2n) is 4.30. The predicted molar refractivity (Wildman–Crippen MR) is 85.3 cm³/mol. The molecule has 0 amide bonds. The standard InChI is InChI=1S/C15H15Cl2NS/c16-13-6-2-1-5-11(13)9-12(18)10-19-15-8-4-3-7-14(15)17/h1-8,12H,9-10,18H2. The molecule has 2 N–H and O–H groups in total.